The Hall–Kier alpha value is -1.02. The Kier molecular flexibility index (Phi) is 5.90. The standard InChI is InChI=1S/C18H30N2/c1-4-17(19-5-2)16-12-8-9-13-18(16)20(3)14-15-10-6-7-11-15/h8-9,12-13,15,17,19H,4-7,10-11,14H2,1-3H3. The monoisotopic (exact) mass is 274 g/mol. The molecule has 2 heteroatoms. The van der Waals surface area contributed by atoms with Gasteiger partial charge in [-0.05, 0) is 43.4 Å². The molecule has 0 amide bonds. The maximum atomic E-state index is 3.61. The van der Waals surface area contributed by atoms with E-state index < -0.39 is 0 Å². The van der Waals surface area contributed by atoms with E-state index in [9.17, 15) is 0 Å². The van der Waals surface area contributed by atoms with E-state index in [0.717, 1.165) is 18.9 Å². The molecule has 0 spiro atoms. The summed E-state index contributed by atoms with van der Waals surface area (Å²) in [7, 11) is 2.26. The second-order valence-corrected chi connectivity index (χ2v) is 6.11. The largest absolute Gasteiger partial charge is 0.374 e. The van der Waals surface area contributed by atoms with Crippen molar-refractivity contribution in [3.8, 4) is 0 Å². The van der Waals surface area contributed by atoms with Crippen LogP contribution in [0.25, 0.3) is 0 Å². The minimum Gasteiger partial charge on any atom is -0.374 e. The number of hydrogen-bond donors (Lipinski definition) is 1. The zero-order valence-electron chi connectivity index (χ0n) is 13.4. The Labute approximate surface area is 124 Å². The molecule has 112 valence electrons. The Morgan fingerprint density at radius 2 is 1.90 bits per heavy atom. The highest BCUT2D eigenvalue weighted by atomic mass is 15.1. The molecule has 0 saturated heterocycles. The van der Waals surface area contributed by atoms with Gasteiger partial charge in [0.15, 0.2) is 0 Å². The van der Waals surface area contributed by atoms with Crippen LogP contribution in [-0.2, 0) is 0 Å². The van der Waals surface area contributed by atoms with Crippen molar-refractivity contribution in [3.05, 3.63) is 29.8 Å². The quantitative estimate of drug-likeness (QED) is 0.794. The summed E-state index contributed by atoms with van der Waals surface area (Å²) in [6, 6.07) is 9.38. The van der Waals surface area contributed by atoms with E-state index in [1.807, 2.05) is 0 Å². The first kappa shape index (κ1) is 15.4. The van der Waals surface area contributed by atoms with Crippen LogP contribution in [0.3, 0.4) is 0 Å². The van der Waals surface area contributed by atoms with E-state index in [1.54, 1.807) is 0 Å². The minimum atomic E-state index is 0.474. The Balaban J connectivity index is 2.12. The van der Waals surface area contributed by atoms with E-state index in [4.69, 9.17) is 0 Å². The van der Waals surface area contributed by atoms with Crippen LogP contribution >= 0.6 is 0 Å². The summed E-state index contributed by atoms with van der Waals surface area (Å²) in [6.45, 7) is 6.69. The first-order chi connectivity index (χ1) is 9.76. The lowest BCUT2D eigenvalue weighted by atomic mass is 10.0. The molecule has 1 N–H and O–H groups in total. The van der Waals surface area contributed by atoms with Gasteiger partial charge in [-0.1, -0.05) is 44.9 Å². The van der Waals surface area contributed by atoms with Crippen molar-refractivity contribution in [1.82, 2.24) is 5.32 Å². The van der Waals surface area contributed by atoms with Crippen molar-refractivity contribution >= 4 is 5.69 Å². The summed E-state index contributed by atoms with van der Waals surface area (Å²) in [4.78, 5) is 2.48. The number of hydrogen-bond acceptors (Lipinski definition) is 2. The molecule has 1 saturated carbocycles. The maximum absolute atomic E-state index is 3.61. The number of rotatable bonds is 7. The minimum absolute atomic E-state index is 0.474. The number of benzene rings is 1. The van der Waals surface area contributed by atoms with Crippen molar-refractivity contribution in [2.45, 2.75) is 52.0 Å². The van der Waals surface area contributed by atoms with Crippen LogP contribution in [-0.4, -0.2) is 20.1 Å². The second-order valence-electron chi connectivity index (χ2n) is 6.11. The molecular weight excluding hydrogens is 244 g/mol. The smallest absolute Gasteiger partial charge is 0.0412 e. The normalized spacial score (nSPS) is 17.4. The summed E-state index contributed by atoms with van der Waals surface area (Å²) in [5.41, 5.74) is 2.87. The van der Waals surface area contributed by atoms with Gasteiger partial charge in [0, 0.05) is 25.3 Å². The molecule has 1 fully saturated rings. The average Bonchev–Trinajstić information content (AvgIpc) is 2.97. The zero-order valence-corrected chi connectivity index (χ0v) is 13.4. The van der Waals surface area contributed by atoms with Crippen molar-refractivity contribution in [1.29, 1.82) is 0 Å². The highest BCUT2D eigenvalue weighted by molar-refractivity contribution is 5.54. The first-order valence-corrected chi connectivity index (χ1v) is 8.29. The van der Waals surface area contributed by atoms with Crippen LogP contribution in [0.15, 0.2) is 24.3 Å². The van der Waals surface area contributed by atoms with E-state index in [1.165, 1.54) is 43.5 Å². The molecule has 0 radical (unpaired) electrons. The molecule has 1 aliphatic carbocycles. The predicted octanol–water partition coefficient (Wildman–Crippen LogP) is 4.37. The molecule has 1 atom stereocenters. The summed E-state index contributed by atoms with van der Waals surface area (Å²) in [5.74, 6) is 0.896. The van der Waals surface area contributed by atoms with E-state index in [2.05, 4.69) is 55.4 Å². The van der Waals surface area contributed by atoms with E-state index >= 15 is 0 Å². The summed E-state index contributed by atoms with van der Waals surface area (Å²) in [6.07, 6.45) is 6.82. The fourth-order valence-electron chi connectivity index (χ4n) is 3.53. The van der Waals surface area contributed by atoms with Gasteiger partial charge in [0.1, 0.15) is 0 Å². The molecule has 1 aromatic rings. The lowest BCUT2D eigenvalue weighted by molar-refractivity contribution is 0.526. The fourth-order valence-corrected chi connectivity index (χ4v) is 3.53. The Morgan fingerprint density at radius 3 is 2.55 bits per heavy atom. The molecule has 20 heavy (non-hydrogen) atoms. The van der Waals surface area contributed by atoms with Crippen LogP contribution in [0, 0.1) is 5.92 Å². The third-order valence-corrected chi connectivity index (χ3v) is 4.59. The fraction of sp³-hybridized carbons (Fsp3) is 0.667. The molecule has 0 aliphatic heterocycles. The lowest BCUT2D eigenvalue weighted by Crippen LogP contribution is -2.28. The van der Waals surface area contributed by atoms with Gasteiger partial charge in [-0.2, -0.15) is 0 Å². The maximum Gasteiger partial charge on any atom is 0.0412 e. The number of para-hydroxylation sites is 1. The Morgan fingerprint density at radius 1 is 1.20 bits per heavy atom. The van der Waals surface area contributed by atoms with Gasteiger partial charge < -0.3 is 10.2 Å². The average molecular weight is 274 g/mol. The van der Waals surface area contributed by atoms with Gasteiger partial charge in [0.2, 0.25) is 0 Å². The zero-order chi connectivity index (χ0) is 14.4. The molecule has 2 rings (SSSR count). The predicted molar refractivity (Wildman–Crippen MR) is 88.4 cm³/mol. The van der Waals surface area contributed by atoms with Crippen molar-refractivity contribution in [3.63, 3.8) is 0 Å². The van der Waals surface area contributed by atoms with Crippen molar-refractivity contribution in [2.75, 3.05) is 25.0 Å². The van der Waals surface area contributed by atoms with Crippen LogP contribution in [0.2, 0.25) is 0 Å². The van der Waals surface area contributed by atoms with Gasteiger partial charge in [0.05, 0.1) is 0 Å². The first-order valence-electron chi connectivity index (χ1n) is 8.29. The molecule has 0 aromatic heterocycles. The van der Waals surface area contributed by atoms with Gasteiger partial charge in [-0.15, -0.1) is 0 Å². The highest BCUT2D eigenvalue weighted by Crippen LogP contribution is 2.31. The van der Waals surface area contributed by atoms with Gasteiger partial charge in [-0.3, -0.25) is 0 Å². The van der Waals surface area contributed by atoms with Crippen LogP contribution in [0.4, 0.5) is 5.69 Å². The van der Waals surface area contributed by atoms with Crippen LogP contribution in [0.5, 0.6) is 0 Å². The second kappa shape index (κ2) is 7.68. The summed E-state index contributed by atoms with van der Waals surface area (Å²) >= 11 is 0. The lowest BCUT2D eigenvalue weighted by Gasteiger charge is -2.28. The summed E-state index contributed by atoms with van der Waals surface area (Å²) in [5, 5.41) is 3.61. The highest BCUT2D eigenvalue weighted by Gasteiger charge is 2.20. The van der Waals surface area contributed by atoms with Crippen LogP contribution in [0.1, 0.15) is 57.6 Å². The van der Waals surface area contributed by atoms with E-state index in [0.29, 0.717) is 6.04 Å². The molecule has 0 bridgehead atoms. The van der Waals surface area contributed by atoms with Crippen LogP contribution < -0.4 is 10.2 Å². The number of anilines is 1. The van der Waals surface area contributed by atoms with Crippen molar-refractivity contribution in [2.24, 2.45) is 5.92 Å². The van der Waals surface area contributed by atoms with E-state index in [-0.39, 0.29) is 0 Å². The topological polar surface area (TPSA) is 15.3 Å². The number of nitrogens with one attached hydrogen (secondary N) is 1. The third kappa shape index (κ3) is 3.76. The molecule has 0 heterocycles. The van der Waals surface area contributed by atoms with Gasteiger partial charge in [0.25, 0.3) is 0 Å². The molecule has 1 unspecified atom stereocenters. The Bertz CT molecular complexity index is 396. The molecule has 2 nitrogen and oxygen atoms in total. The van der Waals surface area contributed by atoms with Gasteiger partial charge in [-0.25, -0.2) is 0 Å². The van der Waals surface area contributed by atoms with Gasteiger partial charge >= 0.3 is 0 Å². The summed E-state index contributed by atoms with van der Waals surface area (Å²) < 4.78 is 0. The molecule has 1 aliphatic rings. The number of nitrogens with zero attached hydrogens (tertiary/aromatic N) is 1. The molecule has 1 aromatic carbocycles. The molecular formula is C18H30N2. The van der Waals surface area contributed by atoms with Crippen molar-refractivity contribution < 1.29 is 0 Å². The third-order valence-electron chi connectivity index (χ3n) is 4.59. The SMILES string of the molecule is CCNC(CC)c1ccccc1N(C)CC1CCCC1.